The molecular weight excluding hydrogens is 340 g/mol. The third-order valence-electron chi connectivity index (χ3n) is 5.26. The van der Waals surface area contributed by atoms with Gasteiger partial charge in [-0.3, -0.25) is 9.78 Å². The number of amides is 1. The minimum atomic E-state index is -0.129. The molecule has 0 aliphatic carbocycles. The highest BCUT2D eigenvalue weighted by atomic mass is 16.5. The Morgan fingerprint density at radius 2 is 1.81 bits per heavy atom. The zero-order valence-corrected chi connectivity index (χ0v) is 15.5. The van der Waals surface area contributed by atoms with E-state index in [9.17, 15) is 4.79 Å². The number of anilines is 2. The molecule has 3 heterocycles. The molecule has 2 aliphatic rings. The first-order valence-electron chi connectivity index (χ1n) is 9.70. The number of para-hydroxylation sites is 1. The molecule has 2 fully saturated rings. The number of pyridine rings is 1. The van der Waals surface area contributed by atoms with E-state index >= 15 is 0 Å². The molecule has 2 aliphatic heterocycles. The molecule has 1 amide bonds. The highest BCUT2D eigenvalue weighted by Crippen LogP contribution is 2.20. The molecule has 0 saturated carbocycles. The van der Waals surface area contributed by atoms with Crippen LogP contribution in [0.1, 0.15) is 23.3 Å². The van der Waals surface area contributed by atoms with Crippen molar-refractivity contribution in [1.82, 2.24) is 10.3 Å². The number of benzene rings is 1. The number of hydrogen-bond donors (Lipinski definition) is 1. The number of carbonyl (C=O) groups excluding carboxylic acids is 1. The molecule has 0 bridgehead atoms. The molecule has 0 radical (unpaired) electrons. The summed E-state index contributed by atoms with van der Waals surface area (Å²) < 4.78 is 5.56. The lowest BCUT2D eigenvalue weighted by Crippen LogP contribution is -2.46. The second-order valence-corrected chi connectivity index (χ2v) is 7.05. The minimum Gasteiger partial charge on any atom is -0.376 e. The average Bonchev–Trinajstić information content (AvgIpc) is 3.27. The summed E-state index contributed by atoms with van der Waals surface area (Å²) in [7, 11) is 0. The van der Waals surface area contributed by atoms with Crippen LogP contribution in [0.3, 0.4) is 0 Å². The first-order chi connectivity index (χ1) is 13.3. The van der Waals surface area contributed by atoms with E-state index < -0.39 is 0 Å². The largest absolute Gasteiger partial charge is 0.376 e. The Balaban J connectivity index is 1.34. The fourth-order valence-electron chi connectivity index (χ4n) is 3.70. The second-order valence-electron chi connectivity index (χ2n) is 7.05. The molecule has 27 heavy (non-hydrogen) atoms. The van der Waals surface area contributed by atoms with Crippen LogP contribution in [0.15, 0.2) is 48.7 Å². The topological polar surface area (TPSA) is 57.7 Å². The minimum absolute atomic E-state index is 0.129. The predicted molar refractivity (Wildman–Crippen MR) is 106 cm³/mol. The number of ether oxygens (including phenoxy) is 1. The summed E-state index contributed by atoms with van der Waals surface area (Å²) in [5.74, 6) is -0.129. The van der Waals surface area contributed by atoms with Gasteiger partial charge in [-0.15, -0.1) is 0 Å². The maximum Gasteiger partial charge on any atom is 0.270 e. The summed E-state index contributed by atoms with van der Waals surface area (Å²) >= 11 is 0. The average molecular weight is 366 g/mol. The van der Waals surface area contributed by atoms with Crippen molar-refractivity contribution >= 4 is 17.3 Å². The van der Waals surface area contributed by atoms with Crippen LogP contribution in [-0.2, 0) is 4.74 Å². The van der Waals surface area contributed by atoms with Crippen LogP contribution in [0, 0.1) is 0 Å². The van der Waals surface area contributed by atoms with Gasteiger partial charge in [0.05, 0.1) is 6.10 Å². The smallest absolute Gasteiger partial charge is 0.270 e. The number of carbonyl (C=O) groups is 1. The van der Waals surface area contributed by atoms with Crippen LogP contribution in [0.2, 0.25) is 0 Å². The lowest BCUT2D eigenvalue weighted by molar-refractivity contribution is 0.0853. The van der Waals surface area contributed by atoms with Crippen LogP contribution in [0.5, 0.6) is 0 Å². The number of nitrogens with one attached hydrogen (secondary N) is 1. The Bertz CT molecular complexity index is 754. The van der Waals surface area contributed by atoms with Gasteiger partial charge in [-0.25, -0.2) is 0 Å². The van der Waals surface area contributed by atoms with E-state index in [1.54, 1.807) is 6.20 Å². The van der Waals surface area contributed by atoms with Crippen molar-refractivity contribution in [3.8, 4) is 0 Å². The molecular formula is C21H26N4O2. The van der Waals surface area contributed by atoms with Gasteiger partial charge in [0.1, 0.15) is 5.69 Å². The van der Waals surface area contributed by atoms with Gasteiger partial charge < -0.3 is 19.9 Å². The van der Waals surface area contributed by atoms with Crippen molar-refractivity contribution in [2.24, 2.45) is 0 Å². The molecule has 6 heteroatoms. The second kappa shape index (κ2) is 8.39. The normalized spacial score (nSPS) is 19.9. The molecule has 1 N–H and O–H groups in total. The van der Waals surface area contributed by atoms with E-state index in [1.807, 2.05) is 18.2 Å². The fourth-order valence-corrected chi connectivity index (χ4v) is 3.70. The maximum absolute atomic E-state index is 12.4. The van der Waals surface area contributed by atoms with Crippen LogP contribution >= 0.6 is 0 Å². The van der Waals surface area contributed by atoms with Gasteiger partial charge >= 0.3 is 0 Å². The van der Waals surface area contributed by atoms with Crippen molar-refractivity contribution in [3.05, 3.63) is 54.4 Å². The summed E-state index contributed by atoms with van der Waals surface area (Å²) in [5.41, 5.74) is 2.79. The predicted octanol–water partition coefficient (Wildman–Crippen LogP) is 2.32. The molecule has 1 unspecified atom stereocenters. The molecule has 6 nitrogen and oxygen atoms in total. The molecule has 2 saturated heterocycles. The summed E-state index contributed by atoms with van der Waals surface area (Å²) in [5, 5.41) is 2.95. The van der Waals surface area contributed by atoms with Gasteiger partial charge in [0, 0.05) is 56.9 Å². The molecule has 142 valence electrons. The van der Waals surface area contributed by atoms with Crippen molar-refractivity contribution in [2.45, 2.75) is 18.9 Å². The van der Waals surface area contributed by atoms with E-state index in [4.69, 9.17) is 4.74 Å². The molecule has 2 aromatic rings. The number of rotatable bonds is 5. The summed E-state index contributed by atoms with van der Waals surface area (Å²) in [4.78, 5) is 21.4. The van der Waals surface area contributed by atoms with Gasteiger partial charge in [-0.2, -0.15) is 0 Å². The van der Waals surface area contributed by atoms with E-state index in [-0.39, 0.29) is 12.0 Å². The van der Waals surface area contributed by atoms with Gasteiger partial charge in [-0.1, -0.05) is 18.2 Å². The molecule has 1 aromatic heterocycles. The lowest BCUT2D eigenvalue weighted by atomic mass is 10.2. The Kier molecular flexibility index (Phi) is 5.53. The third-order valence-corrected chi connectivity index (χ3v) is 5.26. The first kappa shape index (κ1) is 17.8. The SMILES string of the molecule is O=C(NCC1CCCO1)c1cc(N2CCN(c3ccccc3)CC2)ccn1. The van der Waals surface area contributed by atoms with Crippen LogP contribution < -0.4 is 15.1 Å². The molecule has 1 atom stereocenters. The van der Waals surface area contributed by atoms with Gasteiger partial charge in [-0.05, 0) is 37.1 Å². The highest BCUT2D eigenvalue weighted by Gasteiger charge is 2.20. The van der Waals surface area contributed by atoms with Gasteiger partial charge in [0.25, 0.3) is 5.91 Å². The van der Waals surface area contributed by atoms with Crippen LogP contribution in [0.4, 0.5) is 11.4 Å². The van der Waals surface area contributed by atoms with Crippen molar-refractivity contribution in [3.63, 3.8) is 0 Å². The fraction of sp³-hybridized carbons (Fsp3) is 0.429. The third kappa shape index (κ3) is 4.39. The van der Waals surface area contributed by atoms with Crippen molar-refractivity contribution < 1.29 is 9.53 Å². The van der Waals surface area contributed by atoms with Crippen molar-refractivity contribution in [1.29, 1.82) is 0 Å². The summed E-state index contributed by atoms with van der Waals surface area (Å²) in [6, 6.07) is 14.4. The molecule has 1 aromatic carbocycles. The Morgan fingerprint density at radius 3 is 2.52 bits per heavy atom. The Hall–Kier alpha value is -2.60. The number of hydrogen-bond acceptors (Lipinski definition) is 5. The number of nitrogens with zero attached hydrogens (tertiary/aromatic N) is 3. The summed E-state index contributed by atoms with van der Waals surface area (Å²) in [6.07, 6.45) is 3.95. The molecule has 4 rings (SSSR count). The quantitative estimate of drug-likeness (QED) is 0.880. The Labute approximate surface area is 160 Å². The number of aromatic nitrogens is 1. The van der Waals surface area contributed by atoms with E-state index in [0.29, 0.717) is 12.2 Å². The molecule has 0 spiro atoms. The maximum atomic E-state index is 12.4. The van der Waals surface area contributed by atoms with Crippen LogP contribution in [0.25, 0.3) is 0 Å². The van der Waals surface area contributed by atoms with E-state index in [1.165, 1.54) is 5.69 Å². The first-order valence-corrected chi connectivity index (χ1v) is 9.70. The monoisotopic (exact) mass is 366 g/mol. The van der Waals surface area contributed by atoms with Crippen LogP contribution in [-0.4, -0.2) is 56.3 Å². The lowest BCUT2D eigenvalue weighted by Gasteiger charge is -2.37. The Morgan fingerprint density at radius 1 is 1.07 bits per heavy atom. The van der Waals surface area contributed by atoms with E-state index in [0.717, 1.165) is 51.3 Å². The highest BCUT2D eigenvalue weighted by molar-refractivity contribution is 5.93. The van der Waals surface area contributed by atoms with E-state index in [2.05, 4.69) is 44.4 Å². The van der Waals surface area contributed by atoms with Gasteiger partial charge in [0.2, 0.25) is 0 Å². The standard InChI is InChI=1S/C21H26N4O2/c26-21(23-16-19-7-4-14-27-19)20-15-18(8-9-22-20)25-12-10-24(11-13-25)17-5-2-1-3-6-17/h1-3,5-6,8-9,15,19H,4,7,10-14,16H2,(H,23,26). The summed E-state index contributed by atoms with van der Waals surface area (Å²) in [6.45, 7) is 5.13. The van der Waals surface area contributed by atoms with Crippen molar-refractivity contribution in [2.75, 3.05) is 49.1 Å². The zero-order chi connectivity index (χ0) is 18.5. The number of piperazine rings is 1. The zero-order valence-electron chi connectivity index (χ0n) is 15.5. The van der Waals surface area contributed by atoms with Gasteiger partial charge in [0.15, 0.2) is 0 Å².